The van der Waals surface area contributed by atoms with E-state index in [1.807, 2.05) is 0 Å². The summed E-state index contributed by atoms with van der Waals surface area (Å²) in [5, 5.41) is 13.9. The second-order valence-corrected chi connectivity index (χ2v) is 4.75. The number of nitrogens with one attached hydrogen (secondary N) is 1. The fourth-order valence-corrected chi connectivity index (χ4v) is 1.96. The monoisotopic (exact) mass is 318 g/mol. The predicted molar refractivity (Wildman–Crippen MR) is 83.5 cm³/mol. The maximum Gasteiger partial charge on any atom is 0.293 e. The number of anilines is 1. The topological polar surface area (TPSA) is 81.5 Å². The van der Waals surface area contributed by atoms with Gasteiger partial charge in [-0.1, -0.05) is 12.1 Å². The first-order valence-corrected chi connectivity index (χ1v) is 6.89. The lowest BCUT2D eigenvalue weighted by molar-refractivity contribution is -0.384. The summed E-state index contributed by atoms with van der Waals surface area (Å²) in [4.78, 5) is 21.8. The summed E-state index contributed by atoms with van der Waals surface area (Å²) >= 11 is 0. The van der Waals surface area contributed by atoms with Gasteiger partial charge < -0.3 is 10.1 Å². The molecule has 2 rings (SSSR count). The highest BCUT2D eigenvalue weighted by Crippen LogP contribution is 2.25. The number of Topliss-reactive ketones (excluding diaryl/α,β-unsaturated/α-hetero) is 1. The van der Waals surface area contributed by atoms with E-state index in [9.17, 15) is 19.3 Å². The highest BCUT2D eigenvalue weighted by atomic mass is 19.1. The average molecular weight is 318 g/mol. The van der Waals surface area contributed by atoms with Gasteiger partial charge >= 0.3 is 0 Å². The van der Waals surface area contributed by atoms with Gasteiger partial charge in [0, 0.05) is 18.2 Å². The van der Waals surface area contributed by atoms with Crippen molar-refractivity contribution >= 4 is 17.2 Å². The lowest BCUT2D eigenvalue weighted by Crippen LogP contribution is -2.13. The first-order valence-electron chi connectivity index (χ1n) is 6.89. The summed E-state index contributed by atoms with van der Waals surface area (Å²) in [5.74, 6) is -0.595. The van der Waals surface area contributed by atoms with Crippen LogP contribution in [0.3, 0.4) is 0 Å². The zero-order valence-electron chi connectivity index (χ0n) is 12.4. The number of nitro benzene ring substituents is 1. The third-order valence-electron chi connectivity index (χ3n) is 3.11. The van der Waals surface area contributed by atoms with Gasteiger partial charge in [0.2, 0.25) is 0 Å². The molecule has 0 unspecified atom stereocenters. The van der Waals surface area contributed by atoms with E-state index in [1.54, 1.807) is 12.1 Å². The Morgan fingerprint density at radius 3 is 2.70 bits per heavy atom. The Bertz CT molecular complexity index is 734. The highest BCUT2D eigenvalue weighted by Gasteiger charge is 2.15. The summed E-state index contributed by atoms with van der Waals surface area (Å²) in [6.45, 7) is 1.72. The molecule has 0 aliphatic carbocycles. The Balaban J connectivity index is 1.99. The fourth-order valence-electron chi connectivity index (χ4n) is 1.96. The molecule has 0 amide bonds. The molecule has 7 heteroatoms. The molecule has 0 fully saturated rings. The van der Waals surface area contributed by atoms with Crippen molar-refractivity contribution in [3.05, 3.63) is 64.0 Å². The molecule has 0 aliphatic heterocycles. The lowest BCUT2D eigenvalue weighted by Gasteiger charge is -2.10. The molecule has 2 aromatic carbocycles. The standard InChI is InChI=1S/C16H15FN2O4/c1-11(20)12-6-7-14(15(10-12)19(21)22)18-8-9-23-16-5-3-2-4-13(16)17/h2-7,10,18H,8-9H2,1H3. The van der Waals surface area contributed by atoms with Crippen molar-refractivity contribution in [3.63, 3.8) is 0 Å². The maximum atomic E-state index is 13.4. The van der Waals surface area contributed by atoms with E-state index < -0.39 is 10.7 Å². The predicted octanol–water partition coefficient (Wildman–Crippen LogP) is 3.43. The molecule has 0 saturated heterocycles. The molecule has 0 bridgehead atoms. The van der Waals surface area contributed by atoms with Crippen LogP contribution in [0.2, 0.25) is 0 Å². The van der Waals surface area contributed by atoms with Gasteiger partial charge in [-0.15, -0.1) is 0 Å². The van der Waals surface area contributed by atoms with Crippen molar-refractivity contribution in [3.8, 4) is 5.75 Å². The van der Waals surface area contributed by atoms with Crippen molar-refractivity contribution in [1.82, 2.24) is 0 Å². The van der Waals surface area contributed by atoms with Crippen molar-refractivity contribution in [2.75, 3.05) is 18.5 Å². The summed E-state index contributed by atoms with van der Waals surface area (Å²) < 4.78 is 18.6. The van der Waals surface area contributed by atoms with Gasteiger partial charge in [0.25, 0.3) is 5.69 Å². The zero-order valence-corrected chi connectivity index (χ0v) is 12.4. The zero-order chi connectivity index (χ0) is 16.8. The highest BCUT2D eigenvalue weighted by molar-refractivity contribution is 5.95. The molecule has 2 aromatic rings. The molecule has 0 heterocycles. The molecule has 0 radical (unpaired) electrons. The number of para-hydroxylation sites is 1. The summed E-state index contributed by atoms with van der Waals surface area (Å²) in [6, 6.07) is 10.2. The molecular weight excluding hydrogens is 303 g/mol. The van der Waals surface area contributed by atoms with E-state index in [0.717, 1.165) is 0 Å². The Hall–Kier alpha value is -2.96. The Labute approximate surface area is 132 Å². The molecule has 120 valence electrons. The van der Waals surface area contributed by atoms with E-state index in [-0.39, 0.29) is 41.6 Å². The molecule has 0 atom stereocenters. The van der Waals surface area contributed by atoms with Crippen LogP contribution in [0.15, 0.2) is 42.5 Å². The Morgan fingerprint density at radius 2 is 2.04 bits per heavy atom. The van der Waals surface area contributed by atoms with Crippen LogP contribution in [0, 0.1) is 15.9 Å². The molecule has 0 saturated carbocycles. The van der Waals surface area contributed by atoms with Crippen LogP contribution < -0.4 is 10.1 Å². The third-order valence-corrected chi connectivity index (χ3v) is 3.11. The minimum atomic E-state index is -0.563. The first kappa shape index (κ1) is 16.4. The first-order chi connectivity index (χ1) is 11.0. The molecule has 1 N–H and O–H groups in total. The van der Waals surface area contributed by atoms with E-state index in [0.29, 0.717) is 0 Å². The molecule has 0 spiro atoms. The van der Waals surface area contributed by atoms with Crippen molar-refractivity contribution < 1.29 is 18.8 Å². The summed E-state index contributed by atoms with van der Waals surface area (Å²) in [7, 11) is 0. The quantitative estimate of drug-likeness (QED) is 0.366. The maximum absolute atomic E-state index is 13.4. The molecule has 0 aromatic heterocycles. The van der Waals surface area contributed by atoms with Gasteiger partial charge in [-0.25, -0.2) is 4.39 Å². The largest absolute Gasteiger partial charge is 0.489 e. The number of carbonyl (C=O) groups excluding carboxylic acids is 1. The fraction of sp³-hybridized carbons (Fsp3) is 0.188. The second kappa shape index (κ2) is 7.35. The van der Waals surface area contributed by atoms with Crippen LogP contribution in [0.4, 0.5) is 15.8 Å². The van der Waals surface area contributed by atoms with Gasteiger partial charge in [-0.3, -0.25) is 14.9 Å². The van der Waals surface area contributed by atoms with E-state index in [1.165, 1.54) is 37.3 Å². The number of halogens is 1. The van der Waals surface area contributed by atoms with E-state index in [2.05, 4.69) is 5.32 Å². The number of hydrogen-bond acceptors (Lipinski definition) is 5. The summed E-state index contributed by atoms with van der Waals surface area (Å²) in [6.07, 6.45) is 0. The number of benzene rings is 2. The van der Waals surface area contributed by atoms with Gasteiger partial charge in [0.05, 0.1) is 4.92 Å². The Kier molecular flexibility index (Phi) is 5.24. The Morgan fingerprint density at radius 1 is 1.30 bits per heavy atom. The van der Waals surface area contributed by atoms with Crippen molar-refractivity contribution in [2.45, 2.75) is 6.92 Å². The number of ketones is 1. The van der Waals surface area contributed by atoms with Gasteiger partial charge in [0.1, 0.15) is 12.3 Å². The van der Waals surface area contributed by atoms with Gasteiger partial charge in [-0.05, 0) is 31.2 Å². The van der Waals surface area contributed by atoms with Gasteiger partial charge in [-0.2, -0.15) is 0 Å². The smallest absolute Gasteiger partial charge is 0.293 e. The van der Waals surface area contributed by atoms with Crippen LogP contribution in [0.5, 0.6) is 5.75 Å². The number of rotatable bonds is 7. The van der Waals surface area contributed by atoms with Crippen molar-refractivity contribution in [1.29, 1.82) is 0 Å². The molecule has 6 nitrogen and oxygen atoms in total. The van der Waals surface area contributed by atoms with E-state index in [4.69, 9.17) is 4.74 Å². The van der Waals surface area contributed by atoms with Crippen LogP contribution >= 0.6 is 0 Å². The molecular formula is C16H15FN2O4. The number of hydrogen-bond donors (Lipinski definition) is 1. The van der Waals surface area contributed by atoms with Crippen LogP contribution in [-0.4, -0.2) is 23.9 Å². The minimum Gasteiger partial charge on any atom is -0.489 e. The number of nitro groups is 1. The SMILES string of the molecule is CC(=O)c1ccc(NCCOc2ccccc2F)c([N+](=O)[O-])c1. The lowest BCUT2D eigenvalue weighted by atomic mass is 10.1. The normalized spacial score (nSPS) is 10.2. The average Bonchev–Trinajstić information content (AvgIpc) is 2.52. The number of carbonyl (C=O) groups is 1. The molecule has 0 aliphatic rings. The van der Waals surface area contributed by atoms with Crippen LogP contribution in [-0.2, 0) is 0 Å². The third kappa shape index (κ3) is 4.26. The number of ether oxygens (including phenoxy) is 1. The van der Waals surface area contributed by atoms with E-state index >= 15 is 0 Å². The number of nitrogens with zero attached hydrogens (tertiary/aromatic N) is 1. The van der Waals surface area contributed by atoms with Gasteiger partial charge in [0.15, 0.2) is 17.3 Å². The van der Waals surface area contributed by atoms with Crippen LogP contribution in [0.25, 0.3) is 0 Å². The second-order valence-electron chi connectivity index (χ2n) is 4.75. The molecule has 23 heavy (non-hydrogen) atoms. The minimum absolute atomic E-state index is 0.121. The summed E-state index contributed by atoms with van der Waals surface area (Å²) in [5.41, 5.74) is 0.352. The van der Waals surface area contributed by atoms with Crippen molar-refractivity contribution in [2.24, 2.45) is 0 Å². The van der Waals surface area contributed by atoms with Crippen LogP contribution in [0.1, 0.15) is 17.3 Å².